The Labute approximate surface area is 162 Å². The molecule has 0 atom stereocenters. The van der Waals surface area contributed by atoms with Gasteiger partial charge in [-0.15, -0.1) is 0 Å². The summed E-state index contributed by atoms with van der Waals surface area (Å²) in [6.45, 7) is 0. The Morgan fingerprint density at radius 3 is 2.50 bits per heavy atom. The van der Waals surface area contributed by atoms with Crippen LogP contribution in [0.1, 0.15) is 5.56 Å². The van der Waals surface area contributed by atoms with Gasteiger partial charge < -0.3 is 5.21 Å². The molecule has 0 N–H and O–H groups in total. The number of hydrogen-bond donors (Lipinski definition) is 0. The molecule has 28 heavy (non-hydrogen) atoms. The number of hydrogen-bond acceptors (Lipinski definition) is 8. The number of pyridine rings is 1. The number of non-ortho nitro benzene ring substituents is 1. The van der Waals surface area contributed by atoms with Crippen LogP contribution in [-0.2, 0) is 25.8 Å². The van der Waals surface area contributed by atoms with E-state index in [2.05, 4.69) is 5.10 Å². The molecule has 146 valence electrons. The molecule has 0 amide bonds. The summed E-state index contributed by atoms with van der Waals surface area (Å²) in [5, 5.41) is 36.0. The van der Waals surface area contributed by atoms with E-state index in [4.69, 9.17) is 11.6 Å². The van der Waals surface area contributed by atoms with Crippen molar-refractivity contribution in [1.29, 1.82) is 5.26 Å². The SMILES string of the molecule is N#Cc1cc([N+](=O)[O-])cc(Cl)c1-n1cc2c[n+]([O-])cc(F)c2n1.[CH3][Re](=[O])(=[O])=[O]. The van der Waals surface area contributed by atoms with Gasteiger partial charge in [0.05, 0.1) is 20.9 Å². The van der Waals surface area contributed by atoms with Gasteiger partial charge in [-0.25, -0.2) is 4.68 Å². The van der Waals surface area contributed by atoms with Crippen molar-refractivity contribution < 1.29 is 39.9 Å². The number of nitro groups is 1. The first kappa shape index (κ1) is 21.1. The molecular formula is C14H8ClFN5O6Re. The molecule has 0 spiro atoms. The summed E-state index contributed by atoms with van der Waals surface area (Å²) in [4.78, 5) is 10.1. The first-order valence-corrected chi connectivity index (χ1v) is 13.3. The number of aromatic nitrogens is 3. The van der Waals surface area contributed by atoms with E-state index < -0.39 is 26.2 Å². The predicted octanol–water partition coefficient (Wildman–Crippen LogP) is 2.46. The molecule has 0 saturated heterocycles. The molecule has 3 aromatic rings. The zero-order chi connectivity index (χ0) is 21.2. The maximum absolute atomic E-state index is 13.7. The van der Waals surface area contributed by atoms with Crippen molar-refractivity contribution in [3.8, 4) is 11.8 Å². The molecule has 14 heteroatoms. The first-order valence-electron chi connectivity index (χ1n) is 6.91. The molecule has 0 aliphatic heterocycles. The fourth-order valence-electron chi connectivity index (χ4n) is 2.14. The molecule has 0 saturated carbocycles. The monoisotopic (exact) mass is 583 g/mol. The van der Waals surface area contributed by atoms with Gasteiger partial charge in [-0.3, -0.25) is 10.1 Å². The fraction of sp³-hybridized carbons (Fsp3) is 0.0714. The quantitative estimate of drug-likeness (QED) is 0.192. The van der Waals surface area contributed by atoms with E-state index in [0.717, 1.165) is 28.4 Å². The van der Waals surface area contributed by atoms with Crippen molar-refractivity contribution in [3.05, 3.63) is 62.4 Å². The van der Waals surface area contributed by atoms with Gasteiger partial charge in [-0.1, -0.05) is 11.6 Å². The minimum absolute atomic E-state index is 0.0628. The molecule has 0 aliphatic carbocycles. The molecule has 0 fully saturated rings. The van der Waals surface area contributed by atoms with Crippen molar-refractivity contribution in [2.75, 3.05) is 0 Å². The van der Waals surface area contributed by atoms with Gasteiger partial charge in [0.1, 0.15) is 17.3 Å². The summed E-state index contributed by atoms with van der Waals surface area (Å²) < 4.78 is 42.7. The Hall–Kier alpha value is -3.19. The number of benzene rings is 1. The Kier molecular flexibility index (Phi) is 5.90. The standard InChI is InChI=1S/C13H5ClFN5O3.CH3.3O.Re/c14-10-2-9(20(22)23)1-7(3-16)13(10)19-5-8-4-18(21)6-11(15)12(8)17-19;;;;;/h1-2,4-6H;1H3;;;;. The Morgan fingerprint density at radius 1 is 1.36 bits per heavy atom. The van der Waals surface area contributed by atoms with E-state index in [1.54, 1.807) is 6.07 Å². The second-order valence-electron chi connectivity index (χ2n) is 5.19. The zero-order valence-corrected chi connectivity index (χ0v) is 17.2. The van der Waals surface area contributed by atoms with Crippen molar-refractivity contribution in [3.63, 3.8) is 0 Å². The number of nitrogens with zero attached hydrogens (tertiary/aromatic N) is 5. The van der Waals surface area contributed by atoms with Gasteiger partial charge in [0, 0.05) is 18.3 Å². The van der Waals surface area contributed by atoms with Crippen molar-refractivity contribution in [2.45, 2.75) is 5.40 Å². The van der Waals surface area contributed by atoms with E-state index in [9.17, 15) is 35.4 Å². The van der Waals surface area contributed by atoms with Crippen molar-refractivity contribution in [2.24, 2.45) is 0 Å². The third-order valence-corrected chi connectivity index (χ3v) is 3.37. The zero-order valence-electron chi connectivity index (χ0n) is 13.7. The fourth-order valence-corrected chi connectivity index (χ4v) is 2.44. The molecule has 11 nitrogen and oxygen atoms in total. The third-order valence-electron chi connectivity index (χ3n) is 3.08. The van der Waals surface area contributed by atoms with Crippen LogP contribution in [0.5, 0.6) is 0 Å². The maximum atomic E-state index is 13.7. The van der Waals surface area contributed by atoms with Gasteiger partial charge in [-0.05, 0) is 0 Å². The molecule has 0 radical (unpaired) electrons. The molecule has 0 aliphatic rings. The van der Waals surface area contributed by atoms with Crippen LogP contribution in [0.4, 0.5) is 10.1 Å². The third kappa shape index (κ3) is 4.95. The van der Waals surface area contributed by atoms with Crippen LogP contribution in [0.25, 0.3) is 16.6 Å². The van der Waals surface area contributed by atoms with Crippen molar-refractivity contribution in [1.82, 2.24) is 9.78 Å². The second kappa shape index (κ2) is 7.82. The topological polar surface area (TPSA) is 163 Å². The van der Waals surface area contributed by atoms with Crippen LogP contribution >= 0.6 is 11.6 Å². The van der Waals surface area contributed by atoms with Crippen LogP contribution in [0.15, 0.2) is 30.7 Å². The molecule has 0 bridgehead atoms. The first-order chi connectivity index (χ1) is 12.9. The van der Waals surface area contributed by atoms with Crippen molar-refractivity contribution >= 4 is 28.2 Å². The molecule has 3 rings (SSSR count). The number of halogens is 2. The number of nitriles is 1. The van der Waals surface area contributed by atoms with Gasteiger partial charge in [0.25, 0.3) is 5.69 Å². The van der Waals surface area contributed by atoms with E-state index in [1.807, 2.05) is 0 Å². The molecule has 1 aromatic carbocycles. The summed E-state index contributed by atoms with van der Waals surface area (Å²) in [5.74, 6) is -0.840. The average Bonchev–Trinajstić information content (AvgIpc) is 2.95. The van der Waals surface area contributed by atoms with Gasteiger partial charge in [-0.2, -0.15) is 19.5 Å². The van der Waals surface area contributed by atoms with E-state index in [1.165, 1.54) is 6.20 Å². The van der Waals surface area contributed by atoms with E-state index in [0.29, 0.717) is 6.20 Å². The second-order valence-corrected chi connectivity index (χ2v) is 10.3. The predicted molar refractivity (Wildman–Crippen MR) is 84.3 cm³/mol. The Balaban J connectivity index is 0.000000500. The van der Waals surface area contributed by atoms with Crippen LogP contribution < -0.4 is 4.73 Å². The van der Waals surface area contributed by atoms with E-state index >= 15 is 0 Å². The number of nitro benzene ring substituents is 1. The summed E-state index contributed by atoms with van der Waals surface area (Å²) in [6.07, 6.45) is 3.12. The van der Waals surface area contributed by atoms with Gasteiger partial charge >= 0.3 is 31.2 Å². The summed E-state index contributed by atoms with van der Waals surface area (Å²) >= 11 is 1.15. The molecule has 2 aromatic heterocycles. The summed E-state index contributed by atoms with van der Waals surface area (Å²) in [5.41, 5.74) is -0.480. The summed E-state index contributed by atoms with van der Waals surface area (Å²) in [7, 11) is 0. The average molecular weight is 583 g/mol. The molecular weight excluding hydrogens is 575 g/mol. The summed E-state index contributed by atoms with van der Waals surface area (Å²) in [6, 6.07) is 3.89. The van der Waals surface area contributed by atoms with Crippen LogP contribution in [0.2, 0.25) is 10.4 Å². The molecule has 0 unspecified atom stereocenters. The Morgan fingerprint density at radius 2 is 1.96 bits per heavy atom. The number of fused-ring (bicyclic) bond motifs is 1. The minimum atomic E-state index is -4.86. The van der Waals surface area contributed by atoms with E-state index in [-0.39, 0.29) is 37.6 Å². The van der Waals surface area contributed by atoms with Crippen LogP contribution in [0.3, 0.4) is 0 Å². The molecule has 2 heterocycles. The normalized spacial score (nSPS) is 10.8. The Bertz CT molecular complexity index is 1300. The van der Waals surface area contributed by atoms with Crippen LogP contribution in [-0.4, -0.2) is 14.7 Å². The number of rotatable bonds is 2. The van der Waals surface area contributed by atoms with Gasteiger partial charge in [0.2, 0.25) is 12.0 Å². The van der Waals surface area contributed by atoms with Gasteiger partial charge in [0.15, 0.2) is 6.20 Å². The van der Waals surface area contributed by atoms with Crippen LogP contribution in [0, 0.1) is 32.5 Å².